The molecule has 0 spiro atoms. The van der Waals surface area contributed by atoms with Gasteiger partial charge in [0.15, 0.2) is 11.6 Å². The van der Waals surface area contributed by atoms with Crippen molar-refractivity contribution < 1.29 is 9.59 Å². The lowest BCUT2D eigenvalue weighted by molar-refractivity contribution is 0.0855. The number of hydrogen-bond donors (Lipinski definition) is 0. The van der Waals surface area contributed by atoms with E-state index in [1.807, 2.05) is 48.5 Å². The average Bonchev–Trinajstić information content (AvgIpc) is 3.18. The molecular formula is C46H42O2P2. The second-order valence-electron chi connectivity index (χ2n) is 13.1. The molecule has 7 rings (SSSR count). The zero-order valence-electron chi connectivity index (χ0n) is 28.3. The number of ketones is 2. The highest BCUT2D eigenvalue weighted by atomic mass is 31.1. The van der Waals surface area contributed by atoms with Gasteiger partial charge in [0, 0.05) is 24.0 Å². The molecule has 0 unspecified atom stereocenters. The first-order valence-electron chi connectivity index (χ1n) is 17.7. The molecule has 1 saturated carbocycles. The Balaban J connectivity index is 1.15. The summed E-state index contributed by atoms with van der Waals surface area (Å²) in [4.78, 5) is 28.8. The van der Waals surface area contributed by atoms with Gasteiger partial charge < -0.3 is 0 Å². The normalized spacial score (nSPS) is 16.0. The molecule has 0 heterocycles. The van der Waals surface area contributed by atoms with Crippen molar-refractivity contribution in [2.45, 2.75) is 38.5 Å². The lowest BCUT2D eigenvalue weighted by Crippen LogP contribution is -2.30. The van der Waals surface area contributed by atoms with Crippen LogP contribution in [0, 0.1) is 11.8 Å². The molecule has 1 fully saturated rings. The summed E-state index contributed by atoms with van der Waals surface area (Å²) in [6.07, 6.45) is 5.14. The second-order valence-corrected chi connectivity index (χ2v) is 17.5. The van der Waals surface area contributed by atoms with Gasteiger partial charge in [-0.2, -0.15) is 0 Å². The molecule has 6 aromatic rings. The minimum absolute atomic E-state index is 0.185. The van der Waals surface area contributed by atoms with Crippen LogP contribution in [0.4, 0.5) is 0 Å². The van der Waals surface area contributed by atoms with Crippen LogP contribution in [0.2, 0.25) is 0 Å². The molecule has 1 aliphatic carbocycles. The lowest BCUT2D eigenvalue weighted by Gasteiger charge is -2.32. The Morgan fingerprint density at radius 2 is 0.680 bits per heavy atom. The van der Waals surface area contributed by atoms with Gasteiger partial charge in [-0.3, -0.25) is 9.59 Å². The van der Waals surface area contributed by atoms with E-state index in [9.17, 15) is 9.59 Å². The Kier molecular flexibility index (Phi) is 11.2. The molecule has 0 N–H and O–H groups in total. The largest absolute Gasteiger partial charge is 0.294 e. The summed E-state index contributed by atoms with van der Waals surface area (Å²) < 4.78 is 0. The number of rotatable bonds is 12. The topological polar surface area (TPSA) is 34.1 Å². The number of Topliss-reactive ketones (excluding diaryl/α,β-unsaturated/α-hetero) is 2. The Hall–Kier alpha value is -4.48. The number of carbonyl (C=O) groups excluding carboxylic acids is 2. The molecule has 2 atom stereocenters. The van der Waals surface area contributed by atoms with E-state index in [1.165, 1.54) is 21.2 Å². The molecule has 6 aromatic carbocycles. The molecule has 2 nitrogen and oxygen atoms in total. The molecule has 0 radical (unpaired) electrons. The number of carbonyl (C=O) groups is 2. The maximum absolute atomic E-state index is 14.4. The molecule has 4 heteroatoms. The van der Waals surface area contributed by atoms with E-state index >= 15 is 0 Å². The summed E-state index contributed by atoms with van der Waals surface area (Å²) in [5.74, 6) is 0.762. The lowest BCUT2D eigenvalue weighted by atomic mass is 9.73. The van der Waals surface area contributed by atoms with Gasteiger partial charge in [0.1, 0.15) is 0 Å². The van der Waals surface area contributed by atoms with E-state index in [2.05, 4.69) is 121 Å². The van der Waals surface area contributed by atoms with Crippen molar-refractivity contribution in [3.63, 3.8) is 0 Å². The monoisotopic (exact) mass is 688 g/mol. The van der Waals surface area contributed by atoms with Crippen LogP contribution >= 0.6 is 15.8 Å². The van der Waals surface area contributed by atoms with Crippen LogP contribution in [-0.4, -0.2) is 11.6 Å². The SMILES string of the molecule is O=C(C[C@@H]1CCCC[C@H]1CC(=O)c1ccccc1P(c1ccccc1)c1ccccc1)c1ccccc1P(c1ccccc1)c1ccccc1. The molecule has 50 heavy (non-hydrogen) atoms. The zero-order chi connectivity index (χ0) is 34.1. The second kappa shape index (κ2) is 16.5. The molecule has 1 aliphatic rings. The molecule has 248 valence electrons. The third-order valence-electron chi connectivity index (χ3n) is 9.91. The van der Waals surface area contributed by atoms with E-state index in [4.69, 9.17) is 0 Å². The zero-order valence-corrected chi connectivity index (χ0v) is 30.1. The fourth-order valence-electron chi connectivity index (χ4n) is 7.49. The molecule has 0 aliphatic heterocycles. The summed E-state index contributed by atoms with van der Waals surface area (Å²) in [5.41, 5.74) is 1.65. The van der Waals surface area contributed by atoms with Gasteiger partial charge >= 0.3 is 0 Å². The van der Waals surface area contributed by atoms with E-state index in [-0.39, 0.29) is 23.4 Å². The van der Waals surface area contributed by atoms with Crippen LogP contribution in [-0.2, 0) is 0 Å². The summed E-state index contributed by atoms with van der Waals surface area (Å²) in [6, 6.07) is 58.8. The third-order valence-corrected chi connectivity index (χ3v) is 14.9. The molecule has 0 bridgehead atoms. The first-order valence-corrected chi connectivity index (χ1v) is 20.4. The van der Waals surface area contributed by atoms with E-state index < -0.39 is 15.8 Å². The minimum atomic E-state index is -0.899. The van der Waals surface area contributed by atoms with Crippen molar-refractivity contribution in [3.05, 3.63) is 181 Å². The summed E-state index contributed by atoms with van der Waals surface area (Å²) >= 11 is 0. The van der Waals surface area contributed by atoms with Crippen LogP contribution < -0.4 is 31.8 Å². The molecular weight excluding hydrogens is 646 g/mol. The predicted molar refractivity (Wildman–Crippen MR) is 214 cm³/mol. The van der Waals surface area contributed by atoms with Crippen LogP contribution in [0.3, 0.4) is 0 Å². The van der Waals surface area contributed by atoms with E-state index in [0.717, 1.165) is 47.4 Å². The average molecular weight is 689 g/mol. The highest BCUT2D eigenvalue weighted by Gasteiger charge is 2.32. The van der Waals surface area contributed by atoms with Crippen molar-refractivity contribution in [2.75, 3.05) is 0 Å². The van der Waals surface area contributed by atoms with Crippen molar-refractivity contribution in [3.8, 4) is 0 Å². The highest BCUT2D eigenvalue weighted by molar-refractivity contribution is 7.80. The Bertz CT molecular complexity index is 1780. The van der Waals surface area contributed by atoms with Gasteiger partial charge in [0.05, 0.1) is 0 Å². The van der Waals surface area contributed by atoms with Gasteiger partial charge in [0.25, 0.3) is 0 Å². The van der Waals surface area contributed by atoms with Crippen molar-refractivity contribution >= 4 is 59.2 Å². The predicted octanol–water partition coefficient (Wildman–Crippen LogP) is 8.86. The fourth-order valence-corrected chi connectivity index (χ4v) is 12.4. The summed E-state index contributed by atoms with van der Waals surface area (Å²) in [6.45, 7) is 0. The summed E-state index contributed by atoms with van der Waals surface area (Å²) in [7, 11) is -1.80. The Morgan fingerprint density at radius 1 is 0.400 bits per heavy atom. The first kappa shape index (κ1) is 34.0. The maximum atomic E-state index is 14.4. The minimum Gasteiger partial charge on any atom is -0.294 e. The van der Waals surface area contributed by atoms with Crippen LogP contribution in [0.15, 0.2) is 170 Å². The van der Waals surface area contributed by atoms with Crippen LogP contribution in [0.25, 0.3) is 0 Å². The Morgan fingerprint density at radius 3 is 1.00 bits per heavy atom. The van der Waals surface area contributed by atoms with E-state index in [1.54, 1.807) is 0 Å². The van der Waals surface area contributed by atoms with Gasteiger partial charge in [-0.05, 0) is 72.3 Å². The first-order chi connectivity index (χ1) is 24.7. The van der Waals surface area contributed by atoms with Gasteiger partial charge in [-0.15, -0.1) is 0 Å². The van der Waals surface area contributed by atoms with Gasteiger partial charge in [-0.25, -0.2) is 0 Å². The van der Waals surface area contributed by atoms with E-state index in [0.29, 0.717) is 12.8 Å². The highest BCUT2D eigenvalue weighted by Crippen LogP contribution is 2.39. The van der Waals surface area contributed by atoms with Gasteiger partial charge in [-0.1, -0.05) is 183 Å². The maximum Gasteiger partial charge on any atom is 0.163 e. The van der Waals surface area contributed by atoms with Crippen molar-refractivity contribution in [2.24, 2.45) is 11.8 Å². The number of hydrogen-bond acceptors (Lipinski definition) is 2. The van der Waals surface area contributed by atoms with Crippen molar-refractivity contribution in [1.82, 2.24) is 0 Å². The standard InChI is InChI=1S/C46H42O2P2/c47-43(41-29-15-17-31-45(41)49(37-21-5-1-6-22-37)38-23-7-2-8-24-38)33-35-19-13-14-20-36(35)34-44(48)42-30-16-18-32-46(42)50(39-25-9-3-10-26-39)40-27-11-4-12-28-40/h1-12,15-18,21-32,35-36H,13-14,19-20,33-34H2/t35-,36-/m0/s1. The molecule has 0 amide bonds. The smallest absolute Gasteiger partial charge is 0.163 e. The fraction of sp³-hybridized carbons (Fsp3) is 0.174. The summed E-state index contributed by atoms with van der Waals surface area (Å²) in [5, 5.41) is 7.16. The number of benzene rings is 6. The van der Waals surface area contributed by atoms with Crippen molar-refractivity contribution in [1.29, 1.82) is 0 Å². The van der Waals surface area contributed by atoms with Gasteiger partial charge in [0.2, 0.25) is 0 Å². The van der Waals surface area contributed by atoms with Crippen LogP contribution in [0.5, 0.6) is 0 Å². The third kappa shape index (κ3) is 7.79. The molecule has 0 saturated heterocycles. The molecule has 0 aromatic heterocycles. The Labute approximate surface area is 299 Å². The van der Waals surface area contributed by atoms with Crippen LogP contribution in [0.1, 0.15) is 59.2 Å². The quantitative estimate of drug-likeness (QED) is 0.0952.